The van der Waals surface area contributed by atoms with Crippen molar-refractivity contribution in [2.24, 2.45) is 0 Å². The Morgan fingerprint density at radius 2 is 2.11 bits per heavy atom. The molecule has 2 aromatic heterocycles. The normalized spacial score (nSPS) is 18.6. The van der Waals surface area contributed by atoms with Gasteiger partial charge in [0.25, 0.3) is 5.91 Å². The predicted molar refractivity (Wildman–Crippen MR) is 80.1 cm³/mol. The molecule has 0 bridgehead atoms. The van der Waals surface area contributed by atoms with Crippen molar-refractivity contribution in [2.75, 3.05) is 6.54 Å². The van der Waals surface area contributed by atoms with Crippen molar-refractivity contribution in [3.8, 4) is 0 Å². The summed E-state index contributed by atoms with van der Waals surface area (Å²) in [5.41, 5.74) is -0.692. The van der Waals surface area contributed by atoms with Gasteiger partial charge in [0.05, 0.1) is 10.5 Å². The molecule has 0 atom stereocenters. The molecule has 0 aliphatic heterocycles. The predicted octanol–water partition coefficient (Wildman–Crippen LogP) is 3.39. The third-order valence-corrected chi connectivity index (χ3v) is 5.82. The summed E-state index contributed by atoms with van der Waals surface area (Å²) in [5, 5.41) is 15.3. The molecule has 19 heavy (non-hydrogen) atoms. The molecular weight excluding hydrogens is 278 g/mol. The van der Waals surface area contributed by atoms with Gasteiger partial charge < -0.3 is 10.4 Å². The van der Waals surface area contributed by atoms with Crippen molar-refractivity contribution >= 4 is 38.0 Å². The largest absolute Gasteiger partial charge is 0.388 e. The van der Waals surface area contributed by atoms with Crippen molar-refractivity contribution in [1.82, 2.24) is 5.32 Å². The lowest BCUT2D eigenvalue weighted by Gasteiger charge is -2.32. The summed E-state index contributed by atoms with van der Waals surface area (Å²) in [6.07, 6.45) is 4.90. The van der Waals surface area contributed by atoms with Crippen LogP contribution in [0, 0.1) is 0 Å². The van der Waals surface area contributed by atoms with Crippen LogP contribution in [0.5, 0.6) is 0 Å². The number of rotatable bonds is 3. The lowest BCUT2D eigenvalue weighted by molar-refractivity contribution is 0.00529. The first-order valence-electron chi connectivity index (χ1n) is 6.64. The molecule has 0 spiro atoms. The minimum atomic E-state index is -0.692. The molecule has 3 rings (SSSR count). The van der Waals surface area contributed by atoms with Crippen LogP contribution in [0.3, 0.4) is 0 Å². The summed E-state index contributed by atoms with van der Waals surface area (Å²) in [5.74, 6) is -0.0626. The van der Waals surface area contributed by atoms with E-state index in [9.17, 15) is 9.90 Å². The van der Waals surface area contributed by atoms with E-state index in [2.05, 4.69) is 5.32 Å². The second-order valence-electron chi connectivity index (χ2n) is 5.23. The third-order valence-electron chi connectivity index (χ3n) is 3.73. The molecule has 3 nitrogen and oxygen atoms in total. The van der Waals surface area contributed by atoms with Crippen molar-refractivity contribution in [3.63, 3.8) is 0 Å². The quantitative estimate of drug-likeness (QED) is 0.912. The van der Waals surface area contributed by atoms with Gasteiger partial charge in [0.2, 0.25) is 0 Å². The van der Waals surface area contributed by atoms with Gasteiger partial charge in [-0.05, 0) is 30.4 Å². The van der Waals surface area contributed by atoms with E-state index in [1.807, 2.05) is 17.5 Å². The first-order valence-corrected chi connectivity index (χ1v) is 8.34. The molecule has 2 aromatic rings. The lowest BCUT2D eigenvalue weighted by atomic mass is 9.85. The maximum atomic E-state index is 12.1. The van der Waals surface area contributed by atoms with Crippen LogP contribution in [-0.2, 0) is 0 Å². The molecular formula is C14H17NO2S2. The highest BCUT2D eigenvalue weighted by molar-refractivity contribution is 7.27. The number of aliphatic hydroxyl groups is 1. The zero-order valence-electron chi connectivity index (χ0n) is 10.6. The van der Waals surface area contributed by atoms with Crippen molar-refractivity contribution in [2.45, 2.75) is 37.7 Å². The highest BCUT2D eigenvalue weighted by Gasteiger charge is 2.29. The van der Waals surface area contributed by atoms with Crippen LogP contribution in [-0.4, -0.2) is 23.2 Å². The van der Waals surface area contributed by atoms with E-state index in [-0.39, 0.29) is 5.91 Å². The number of thiophene rings is 2. The Balaban J connectivity index is 1.63. The number of hydrogen-bond acceptors (Lipinski definition) is 4. The SMILES string of the molecule is O=C(NCC1(O)CCCCC1)c1cc2sccc2s1. The minimum Gasteiger partial charge on any atom is -0.388 e. The van der Waals surface area contributed by atoms with Crippen LogP contribution in [0.25, 0.3) is 9.40 Å². The van der Waals surface area contributed by atoms with Gasteiger partial charge in [-0.2, -0.15) is 0 Å². The lowest BCUT2D eigenvalue weighted by Crippen LogP contribution is -2.44. The Hall–Kier alpha value is -0.910. The number of amides is 1. The summed E-state index contributed by atoms with van der Waals surface area (Å²) in [4.78, 5) is 12.8. The maximum Gasteiger partial charge on any atom is 0.261 e. The van der Waals surface area contributed by atoms with E-state index >= 15 is 0 Å². The molecule has 0 aromatic carbocycles. The number of carbonyl (C=O) groups excluding carboxylic acids is 1. The van der Waals surface area contributed by atoms with Gasteiger partial charge in [0.1, 0.15) is 0 Å². The third kappa shape index (κ3) is 2.83. The van der Waals surface area contributed by atoms with E-state index in [1.54, 1.807) is 11.3 Å². The van der Waals surface area contributed by atoms with Gasteiger partial charge in [-0.3, -0.25) is 4.79 Å². The second kappa shape index (κ2) is 5.23. The average molecular weight is 295 g/mol. The average Bonchev–Trinajstić information content (AvgIpc) is 2.97. The summed E-state index contributed by atoms with van der Waals surface area (Å²) in [6, 6.07) is 3.97. The van der Waals surface area contributed by atoms with Crippen molar-refractivity contribution in [3.05, 3.63) is 22.4 Å². The van der Waals surface area contributed by atoms with Gasteiger partial charge in [-0.1, -0.05) is 19.3 Å². The molecule has 0 radical (unpaired) electrons. The fourth-order valence-electron chi connectivity index (χ4n) is 2.60. The molecule has 0 unspecified atom stereocenters. The Morgan fingerprint density at radius 3 is 2.84 bits per heavy atom. The minimum absolute atomic E-state index is 0.0626. The van der Waals surface area contributed by atoms with E-state index in [0.29, 0.717) is 6.54 Å². The number of nitrogens with one attached hydrogen (secondary N) is 1. The van der Waals surface area contributed by atoms with Crippen LogP contribution in [0.15, 0.2) is 17.5 Å². The molecule has 1 amide bonds. The second-order valence-corrected chi connectivity index (χ2v) is 7.26. The highest BCUT2D eigenvalue weighted by atomic mass is 32.1. The van der Waals surface area contributed by atoms with Crippen LogP contribution in [0.1, 0.15) is 41.8 Å². The molecule has 2 heterocycles. The smallest absolute Gasteiger partial charge is 0.261 e. The van der Waals surface area contributed by atoms with Gasteiger partial charge in [-0.25, -0.2) is 0 Å². The van der Waals surface area contributed by atoms with E-state index in [1.165, 1.54) is 17.8 Å². The number of carbonyl (C=O) groups is 1. The fourth-order valence-corrected chi connectivity index (χ4v) is 4.62. The van der Waals surface area contributed by atoms with Crippen molar-refractivity contribution < 1.29 is 9.90 Å². The zero-order valence-corrected chi connectivity index (χ0v) is 12.3. The molecule has 2 N–H and O–H groups in total. The van der Waals surface area contributed by atoms with Crippen LogP contribution in [0.2, 0.25) is 0 Å². The molecule has 1 fully saturated rings. The first kappa shape index (κ1) is 13.1. The molecule has 1 aliphatic carbocycles. The van der Waals surface area contributed by atoms with Gasteiger partial charge in [0.15, 0.2) is 0 Å². The van der Waals surface area contributed by atoms with E-state index < -0.39 is 5.60 Å². The fraction of sp³-hybridized carbons (Fsp3) is 0.500. The number of hydrogen-bond donors (Lipinski definition) is 2. The molecule has 0 saturated heterocycles. The zero-order chi connectivity index (χ0) is 13.3. The summed E-state index contributed by atoms with van der Waals surface area (Å²) in [6.45, 7) is 0.372. The Labute approximate surface area is 120 Å². The summed E-state index contributed by atoms with van der Waals surface area (Å²) < 4.78 is 2.32. The summed E-state index contributed by atoms with van der Waals surface area (Å²) >= 11 is 3.17. The Morgan fingerprint density at radius 1 is 1.32 bits per heavy atom. The van der Waals surface area contributed by atoms with Crippen LogP contribution in [0.4, 0.5) is 0 Å². The first-order chi connectivity index (χ1) is 9.16. The van der Waals surface area contributed by atoms with E-state index in [0.717, 1.165) is 40.0 Å². The highest BCUT2D eigenvalue weighted by Crippen LogP contribution is 2.30. The van der Waals surface area contributed by atoms with E-state index in [4.69, 9.17) is 0 Å². The monoisotopic (exact) mass is 295 g/mol. The van der Waals surface area contributed by atoms with Crippen LogP contribution >= 0.6 is 22.7 Å². The summed E-state index contributed by atoms with van der Waals surface area (Å²) in [7, 11) is 0. The molecule has 1 saturated carbocycles. The number of fused-ring (bicyclic) bond motifs is 1. The molecule has 5 heteroatoms. The maximum absolute atomic E-state index is 12.1. The molecule has 1 aliphatic rings. The van der Waals surface area contributed by atoms with Crippen LogP contribution < -0.4 is 5.32 Å². The van der Waals surface area contributed by atoms with Gasteiger partial charge in [-0.15, -0.1) is 22.7 Å². The Kier molecular flexibility index (Phi) is 3.60. The van der Waals surface area contributed by atoms with Gasteiger partial charge in [0, 0.05) is 15.9 Å². The molecule has 102 valence electrons. The standard InChI is InChI=1S/C14H17NO2S2/c16-13(12-8-11-10(19-12)4-7-18-11)15-9-14(17)5-2-1-3-6-14/h4,7-8,17H,1-3,5-6,9H2,(H,15,16). The topological polar surface area (TPSA) is 49.3 Å². The van der Waals surface area contributed by atoms with Gasteiger partial charge >= 0.3 is 0 Å². The van der Waals surface area contributed by atoms with Crippen molar-refractivity contribution in [1.29, 1.82) is 0 Å². The Bertz CT molecular complexity index is 553.